The van der Waals surface area contributed by atoms with Gasteiger partial charge in [0.2, 0.25) is 0 Å². The quantitative estimate of drug-likeness (QED) is 0.873. The molecule has 0 aromatic carbocycles. The predicted octanol–water partition coefficient (Wildman–Crippen LogP) is 3.15. The Labute approximate surface area is 128 Å². The summed E-state index contributed by atoms with van der Waals surface area (Å²) in [5, 5.41) is 3.57. The van der Waals surface area contributed by atoms with Crippen LogP contribution in [0.4, 0.5) is 5.82 Å². The maximum Gasteiger partial charge on any atom is 0.133 e. The molecule has 0 radical (unpaired) electrons. The summed E-state index contributed by atoms with van der Waals surface area (Å²) in [6.45, 7) is 11.5. The third-order valence-corrected chi connectivity index (χ3v) is 4.19. The van der Waals surface area contributed by atoms with Gasteiger partial charge in [0.05, 0.1) is 18.8 Å². The first kappa shape index (κ1) is 16.2. The molecule has 0 bridgehead atoms. The SMILES string of the molecule is CCCNC(C)c1cccnc1N1CC(C)OCC1CC. The van der Waals surface area contributed by atoms with E-state index in [1.54, 1.807) is 0 Å². The van der Waals surface area contributed by atoms with Gasteiger partial charge in [-0.05, 0) is 39.3 Å². The molecule has 1 saturated heterocycles. The Morgan fingerprint density at radius 2 is 2.29 bits per heavy atom. The molecule has 0 aliphatic carbocycles. The smallest absolute Gasteiger partial charge is 0.133 e. The minimum Gasteiger partial charge on any atom is -0.375 e. The van der Waals surface area contributed by atoms with Crippen LogP contribution in [0.25, 0.3) is 0 Å². The van der Waals surface area contributed by atoms with Gasteiger partial charge in [-0.15, -0.1) is 0 Å². The number of hydrogen-bond acceptors (Lipinski definition) is 4. The molecule has 1 fully saturated rings. The van der Waals surface area contributed by atoms with E-state index >= 15 is 0 Å². The first-order valence-corrected chi connectivity index (χ1v) is 8.23. The summed E-state index contributed by atoms with van der Waals surface area (Å²) in [5.41, 5.74) is 1.29. The van der Waals surface area contributed by atoms with Gasteiger partial charge >= 0.3 is 0 Å². The molecule has 2 rings (SSSR count). The van der Waals surface area contributed by atoms with Gasteiger partial charge in [-0.2, -0.15) is 0 Å². The molecule has 4 heteroatoms. The second-order valence-corrected chi connectivity index (χ2v) is 5.95. The van der Waals surface area contributed by atoms with Gasteiger partial charge in [0.15, 0.2) is 0 Å². The normalized spacial score (nSPS) is 24.1. The van der Waals surface area contributed by atoms with E-state index in [0.717, 1.165) is 38.4 Å². The summed E-state index contributed by atoms with van der Waals surface area (Å²) in [6, 6.07) is 4.98. The lowest BCUT2D eigenvalue weighted by Crippen LogP contribution is -2.49. The Morgan fingerprint density at radius 3 is 3.00 bits per heavy atom. The fraction of sp³-hybridized carbons (Fsp3) is 0.706. The summed E-state index contributed by atoms with van der Waals surface area (Å²) in [5.74, 6) is 1.12. The van der Waals surface area contributed by atoms with Crippen LogP contribution in [0.3, 0.4) is 0 Å². The predicted molar refractivity (Wildman–Crippen MR) is 87.8 cm³/mol. The molecule has 21 heavy (non-hydrogen) atoms. The van der Waals surface area contributed by atoms with Crippen molar-refractivity contribution in [3.05, 3.63) is 23.9 Å². The molecule has 3 atom stereocenters. The zero-order chi connectivity index (χ0) is 15.2. The van der Waals surface area contributed by atoms with E-state index in [1.807, 2.05) is 12.3 Å². The minimum atomic E-state index is 0.265. The van der Waals surface area contributed by atoms with Crippen LogP contribution in [0, 0.1) is 0 Å². The molecule has 118 valence electrons. The van der Waals surface area contributed by atoms with Gasteiger partial charge in [0.25, 0.3) is 0 Å². The Bertz CT molecular complexity index is 438. The number of aromatic nitrogens is 1. The first-order valence-electron chi connectivity index (χ1n) is 8.23. The van der Waals surface area contributed by atoms with E-state index < -0.39 is 0 Å². The summed E-state index contributed by atoms with van der Waals surface area (Å²) in [7, 11) is 0. The van der Waals surface area contributed by atoms with Crippen molar-refractivity contribution >= 4 is 5.82 Å². The summed E-state index contributed by atoms with van der Waals surface area (Å²) < 4.78 is 5.81. The van der Waals surface area contributed by atoms with Gasteiger partial charge in [-0.1, -0.05) is 19.9 Å². The molecule has 4 nitrogen and oxygen atoms in total. The third kappa shape index (κ3) is 3.95. The van der Waals surface area contributed by atoms with Crippen molar-refractivity contribution in [2.45, 2.75) is 58.7 Å². The highest BCUT2D eigenvalue weighted by Crippen LogP contribution is 2.28. The molecule has 0 spiro atoms. The summed E-state index contributed by atoms with van der Waals surface area (Å²) in [4.78, 5) is 7.13. The summed E-state index contributed by atoms with van der Waals surface area (Å²) >= 11 is 0. The Balaban J connectivity index is 2.24. The number of ether oxygens (including phenoxy) is 1. The first-order chi connectivity index (χ1) is 10.2. The zero-order valence-corrected chi connectivity index (χ0v) is 13.8. The molecule has 0 amide bonds. The van der Waals surface area contributed by atoms with Gasteiger partial charge in [-0.3, -0.25) is 0 Å². The van der Waals surface area contributed by atoms with E-state index in [4.69, 9.17) is 9.72 Å². The largest absolute Gasteiger partial charge is 0.375 e. The van der Waals surface area contributed by atoms with Crippen molar-refractivity contribution in [1.82, 2.24) is 10.3 Å². The number of nitrogens with zero attached hydrogens (tertiary/aromatic N) is 2. The topological polar surface area (TPSA) is 37.4 Å². The van der Waals surface area contributed by atoms with Crippen LogP contribution in [0.5, 0.6) is 0 Å². The fourth-order valence-electron chi connectivity index (χ4n) is 2.90. The molecule has 1 aliphatic heterocycles. The van der Waals surface area contributed by atoms with Crippen molar-refractivity contribution in [3.63, 3.8) is 0 Å². The molecular weight excluding hydrogens is 262 g/mol. The zero-order valence-electron chi connectivity index (χ0n) is 13.8. The Kier molecular flexibility index (Phi) is 6.00. The van der Waals surface area contributed by atoms with Crippen LogP contribution in [0.15, 0.2) is 18.3 Å². The van der Waals surface area contributed by atoms with Gasteiger partial charge in [-0.25, -0.2) is 4.98 Å². The number of hydrogen-bond donors (Lipinski definition) is 1. The Hall–Kier alpha value is -1.13. The number of nitrogens with one attached hydrogen (secondary N) is 1. The van der Waals surface area contributed by atoms with E-state index in [9.17, 15) is 0 Å². The van der Waals surface area contributed by atoms with Crippen LogP contribution < -0.4 is 10.2 Å². The van der Waals surface area contributed by atoms with Crippen LogP contribution >= 0.6 is 0 Å². The summed E-state index contributed by atoms with van der Waals surface area (Å²) in [6.07, 6.45) is 4.39. The third-order valence-electron chi connectivity index (χ3n) is 4.19. The van der Waals surface area contributed by atoms with E-state index in [1.165, 1.54) is 5.56 Å². The van der Waals surface area contributed by atoms with Crippen LogP contribution in [-0.2, 0) is 4.74 Å². The number of rotatable bonds is 6. The van der Waals surface area contributed by atoms with E-state index in [2.05, 4.69) is 44.0 Å². The highest BCUT2D eigenvalue weighted by molar-refractivity contribution is 5.49. The monoisotopic (exact) mass is 291 g/mol. The standard InChI is InChI=1S/C17H29N3O/c1-5-9-18-14(4)16-8-7-10-19-17(16)20-11-13(3)21-12-15(20)6-2/h7-8,10,13-15,18H,5-6,9,11-12H2,1-4H3. The lowest BCUT2D eigenvalue weighted by molar-refractivity contribution is 0.0295. The lowest BCUT2D eigenvalue weighted by atomic mass is 10.1. The van der Waals surface area contributed by atoms with Crippen molar-refractivity contribution in [2.24, 2.45) is 0 Å². The second-order valence-electron chi connectivity index (χ2n) is 5.95. The molecule has 1 N–H and O–H groups in total. The van der Waals surface area contributed by atoms with Crippen LogP contribution in [0.1, 0.15) is 52.1 Å². The second kappa shape index (κ2) is 7.76. The van der Waals surface area contributed by atoms with Gasteiger partial charge in [0, 0.05) is 24.3 Å². The average molecular weight is 291 g/mol. The van der Waals surface area contributed by atoms with Crippen molar-refractivity contribution in [2.75, 3.05) is 24.6 Å². The molecule has 0 saturated carbocycles. The minimum absolute atomic E-state index is 0.265. The van der Waals surface area contributed by atoms with E-state index in [0.29, 0.717) is 12.1 Å². The van der Waals surface area contributed by atoms with Crippen LogP contribution in [-0.4, -0.2) is 36.8 Å². The highest BCUT2D eigenvalue weighted by Gasteiger charge is 2.28. The molecular formula is C17H29N3O. The lowest BCUT2D eigenvalue weighted by Gasteiger charge is -2.40. The maximum atomic E-state index is 5.81. The van der Waals surface area contributed by atoms with Gasteiger partial charge < -0.3 is 15.0 Å². The fourth-order valence-corrected chi connectivity index (χ4v) is 2.90. The van der Waals surface area contributed by atoms with Gasteiger partial charge in [0.1, 0.15) is 5.82 Å². The molecule has 1 aliphatic rings. The van der Waals surface area contributed by atoms with Crippen molar-refractivity contribution < 1.29 is 4.74 Å². The van der Waals surface area contributed by atoms with Crippen molar-refractivity contribution in [1.29, 1.82) is 0 Å². The average Bonchev–Trinajstić information content (AvgIpc) is 2.52. The van der Waals surface area contributed by atoms with Crippen molar-refractivity contribution in [3.8, 4) is 0 Å². The molecule has 1 aromatic heterocycles. The van der Waals surface area contributed by atoms with Crippen LogP contribution in [0.2, 0.25) is 0 Å². The number of anilines is 1. The number of morpholine rings is 1. The van der Waals surface area contributed by atoms with E-state index in [-0.39, 0.29) is 6.10 Å². The molecule has 3 unspecified atom stereocenters. The highest BCUT2D eigenvalue weighted by atomic mass is 16.5. The Morgan fingerprint density at radius 1 is 1.48 bits per heavy atom. The molecule has 1 aromatic rings. The molecule has 2 heterocycles. The maximum absolute atomic E-state index is 5.81. The number of pyridine rings is 1.